The van der Waals surface area contributed by atoms with E-state index in [4.69, 9.17) is 4.74 Å². The quantitative estimate of drug-likeness (QED) is 0.610. The molecule has 1 aromatic heterocycles. The predicted molar refractivity (Wildman–Crippen MR) is 113 cm³/mol. The Kier molecular flexibility index (Phi) is 7.29. The van der Waals surface area contributed by atoms with Crippen molar-refractivity contribution >= 4 is 34.1 Å². The fourth-order valence-electron chi connectivity index (χ4n) is 4.84. The molecular formula is C21H32N3O4S+. The highest BCUT2D eigenvalue weighted by molar-refractivity contribution is 7.18. The van der Waals surface area contributed by atoms with Crippen molar-refractivity contribution in [2.24, 2.45) is 5.92 Å². The van der Waals surface area contributed by atoms with E-state index in [1.54, 1.807) is 20.9 Å². The summed E-state index contributed by atoms with van der Waals surface area (Å²) in [4.78, 5) is 39.3. The van der Waals surface area contributed by atoms with Gasteiger partial charge in [-0.1, -0.05) is 6.42 Å². The van der Waals surface area contributed by atoms with Crippen molar-refractivity contribution in [2.75, 3.05) is 32.1 Å². The number of amides is 2. The van der Waals surface area contributed by atoms with Crippen molar-refractivity contribution in [3.63, 3.8) is 0 Å². The van der Waals surface area contributed by atoms with Crippen molar-refractivity contribution < 1.29 is 24.0 Å². The fourth-order valence-corrected chi connectivity index (χ4v) is 6.00. The smallest absolute Gasteiger partial charge is 0.341 e. The van der Waals surface area contributed by atoms with Crippen LogP contribution in [0.2, 0.25) is 0 Å². The molecule has 1 aliphatic heterocycles. The van der Waals surface area contributed by atoms with E-state index < -0.39 is 5.97 Å². The topological polar surface area (TPSA) is 88.9 Å². The summed E-state index contributed by atoms with van der Waals surface area (Å²) >= 11 is 1.13. The Morgan fingerprint density at radius 2 is 1.90 bits per heavy atom. The molecule has 1 saturated carbocycles. The molecule has 0 radical (unpaired) electrons. The summed E-state index contributed by atoms with van der Waals surface area (Å²) in [6.07, 6.45) is 7.47. The Labute approximate surface area is 176 Å². The number of carbonyl (C=O) groups is 3. The number of likely N-dealkylation sites (tertiary alicyclic amines) is 1. The van der Waals surface area contributed by atoms with Crippen LogP contribution in [0.4, 0.5) is 5.00 Å². The van der Waals surface area contributed by atoms with Gasteiger partial charge in [-0.3, -0.25) is 9.59 Å². The highest BCUT2D eigenvalue weighted by Gasteiger charge is 2.37. The van der Waals surface area contributed by atoms with Gasteiger partial charge in [-0.05, 0) is 51.5 Å². The zero-order valence-corrected chi connectivity index (χ0v) is 18.4. The number of rotatable bonds is 6. The van der Waals surface area contributed by atoms with Crippen molar-refractivity contribution in [3.8, 4) is 0 Å². The Balaban J connectivity index is 1.76. The summed E-state index contributed by atoms with van der Waals surface area (Å²) in [5, 5.41) is 5.90. The van der Waals surface area contributed by atoms with E-state index in [2.05, 4.69) is 10.6 Å². The van der Waals surface area contributed by atoms with Crippen LogP contribution in [0, 0.1) is 12.8 Å². The number of hydrogen-bond acceptors (Lipinski definition) is 5. The van der Waals surface area contributed by atoms with E-state index in [1.807, 2.05) is 0 Å². The zero-order valence-electron chi connectivity index (χ0n) is 17.6. The molecule has 1 aliphatic carbocycles. The molecule has 7 nitrogen and oxygen atoms in total. The van der Waals surface area contributed by atoms with Gasteiger partial charge in [0.25, 0.3) is 11.8 Å². The molecule has 8 heteroatoms. The SMILES string of the molecule is CCOC(=O)c1c(NC(=O)C[NH+]2CCC[C@@H]3CCCC[C@@H]32)sc(C(=O)NC)c1C. The zero-order chi connectivity index (χ0) is 21.0. The first-order valence-electron chi connectivity index (χ1n) is 10.6. The molecule has 0 bridgehead atoms. The number of quaternary nitrogens is 1. The average molecular weight is 423 g/mol. The molecule has 3 N–H and O–H groups in total. The number of fused-ring (bicyclic) bond motifs is 1. The lowest BCUT2D eigenvalue weighted by Crippen LogP contribution is -3.18. The van der Waals surface area contributed by atoms with Crippen LogP contribution in [0.1, 0.15) is 71.0 Å². The van der Waals surface area contributed by atoms with Crippen LogP contribution in [0.3, 0.4) is 0 Å². The minimum atomic E-state index is -0.510. The second-order valence-corrected chi connectivity index (χ2v) is 9.01. The fraction of sp³-hybridized carbons (Fsp3) is 0.667. The molecule has 29 heavy (non-hydrogen) atoms. The third-order valence-corrected chi connectivity index (χ3v) is 7.41. The van der Waals surface area contributed by atoms with E-state index >= 15 is 0 Å². The van der Waals surface area contributed by atoms with Crippen LogP contribution in [0.25, 0.3) is 0 Å². The molecule has 2 amide bonds. The normalized spacial score (nSPS) is 23.8. The van der Waals surface area contributed by atoms with Crippen LogP contribution in [0.5, 0.6) is 0 Å². The molecular weight excluding hydrogens is 390 g/mol. The molecule has 0 spiro atoms. The largest absolute Gasteiger partial charge is 0.462 e. The molecule has 1 unspecified atom stereocenters. The number of ether oxygens (including phenoxy) is 1. The van der Waals surface area contributed by atoms with E-state index in [1.165, 1.54) is 37.0 Å². The highest BCUT2D eigenvalue weighted by Crippen LogP contribution is 2.34. The van der Waals surface area contributed by atoms with Gasteiger partial charge in [0.15, 0.2) is 6.54 Å². The first-order valence-corrected chi connectivity index (χ1v) is 11.4. The second-order valence-electron chi connectivity index (χ2n) is 7.99. The second kappa shape index (κ2) is 9.71. The molecule has 1 saturated heterocycles. The molecule has 2 aliphatic rings. The number of anilines is 1. The summed E-state index contributed by atoms with van der Waals surface area (Å²) in [6, 6.07) is 0.569. The number of nitrogens with one attached hydrogen (secondary N) is 3. The van der Waals surface area contributed by atoms with E-state index in [0.29, 0.717) is 28.0 Å². The lowest BCUT2D eigenvalue weighted by atomic mass is 9.78. The lowest BCUT2D eigenvalue weighted by molar-refractivity contribution is -0.928. The van der Waals surface area contributed by atoms with E-state index in [-0.39, 0.29) is 24.0 Å². The van der Waals surface area contributed by atoms with Crippen molar-refractivity contribution in [2.45, 2.75) is 58.4 Å². The Morgan fingerprint density at radius 3 is 2.62 bits per heavy atom. The first kappa shape index (κ1) is 21.8. The van der Waals surface area contributed by atoms with Crippen LogP contribution in [-0.4, -0.2) is 50.6 Å². The Morgan fingerprint density at radius 1 is 1.17 bits per heavy atom. The van der Waals surface area contributed by atoms with Crippen molar-refractivity contribution in [3.05, 3.63) is 16.0 Å². The van der Waals surface area contributed by atoms with Gasteiger partial charge in [-0.2, -0.15) is 0 Å². The number of esters is 1. The maximum Gasteiger partial charge on any atom is 0.341 e. The van der Waals surface area contributed by atoms with Crippen LogP contribution in [-0.2, 0) is 9.53 Å². The van der Waals surface area contributed by atoms with E-state index in [0.717, 1.165) is 30.2 Å². The van der Waals surface area contributed by atoms with Gasteiger partial charge in [0.1, 0.15) is 5.00 Å². The Bertz CT molecular complexity index is 774. The maximum atomic E-state index is 12.9. The van der Waals surface area contributed by atoms with Gasteiger partial charge in [-0.15, -0.1) is 11.3 Å². The van der Waals surface area contributed by atoms with Gasteiger partial charge in [0.2, 0.25) is 0 Å². The first-order chi connectivity index (χ1) is 14.0. The summed E-state index contributed by atoms with van der Waals surface area (Å²) in [6.45, 7) is 5.10. The molecule has 2 heterocycles. The van der Waals surface area contributed by atoms with E-state index in [9.17, 15) is 14.4 Å². The third kappa shape index (κ3) is 4.80. The molecule has 3 rings (SSSR count). The van der Waals surface area contributed by atoms with Crippen molar-refractivity contribution in [1.82, 2.24) is 5.32 Å². The number of thiophene rings is 1. The number of hydrogen-bond donors (Lipinski definition) is 3. The number of carbonyl (C=O) groups excluding carboxylic acids is 3. The van der Waals surface area contributed by atoms with Gasteiger partial charge in [0.05, 0.1) is 29.6 Å². The monoisotopic (exact) mass is 422 g/mol. The van der Waals surface area contributed by atoms with Crippen LogP contribution in [0.15, 0.2) is 0 Å². The summed E-state index contributed by atoms with van der Waals surface area (Å²) in [7, 11) is 1.55. The molecule has 0 aromatic carbocycles. The summed E-state index contributed by atoms with van der Waals surface area (Å²) < 4.78 is 5.16. The predicted octanol–water partition coefficient (Wildman–Crippen LogP) is 1.77. The maximum absolute atomic E-state index is 12.9. The van der Waals surface area contributed by atoms with Crippen LogP contribution >= 0.6 is 11.3 Å². The Hall–Kier alpha value is -1.93. The minimum absolute atomic E-state index is 0.110. The van der Waals surface area contributed by atoms with Crippen molar-refractivity contribution in [1.29, 1.82) is 0 Å². The minimum Gasteiger partial charge on any atom is -0.462 e. The van der Waals surface area contributed by atoms with Gasteiger partial charge >= 0.3 is 5.97 Å². The van der Waals surface area contributed by atoms with Gasteiger partial charge in [0, 0.05) is 13.0 Å². The standard InChI is InChI=1S/C21H31N3O4S/c1-4-28-21(27)17-13(2)18(19(26)22-3)29-20(17)23-16(25)12-24-11-7-9-14-8-5-6-10-15(14)24/h14-15H,4-12H2,1-3H3,(H,22,26)(H,23,25)/p+1/t14-,15-/m0/s1. The number of piperidine rings is 1. The summed E-state index contributed by atoms with van der Waals surface area (Å²) in [5.74, 6) is -0.157. The molecule has 2 fully saturated rings. The van der Waals surface area contributed by atoms with Gasteiger partial charge < -0.3 is 20.3 Å². The molecule has 3 atom stereocenters. The molecule has 160 valence electrons. The van der Waals surface area contributed by atoms with Gasteiger partial charge in [-0.25, -0.2) is 4.79 Å². The highest BCUT2D eigenvalue weighted by atomic mass is 32.1. The average Bonchev–Trinajstić information content (AvgIpc) is 3.03. The third-order valence-electron chi connectivity index (χ3n) is 6.21. The molecule has 1 aromatic rings. The summed E-state index contributed by atoms with van der Waals surface area (Å²) in [5.41, 5.74) is 0.828. The van der Waals surface area contributed by atoms with Crippen LogP contribution < -0.4 is 15.5 Å². The lowest BCUT2D eigenvalue weighted by Gasteiger charge is -2.40.